The maximum atomic E-state index is 13.0. The maximum Gasteiger partial charge on any atom is 0.325 e. The second-order valence-corrected chi connectivity index (χ2v) is 7.39. The average Bonchev–Trinajstić information content (AvgIpc) is 2.65. The highest BCUT2D eigenvalue weighted by Gasteiger charge is 2.34. The van der Waals surface area contributed by atoms with Gasteiger partial charge in [-0.05, 0) is 20.3 Å². The number of carbonyl (C=O) groups excluding carboxylic acids is 3. The van der Waals surface area contributed by atoms with Gasteiger partial charge in [0.15, 0.2) is 0 Å². The molecular weight excluding hydrogens is 350 g/mol. The normalized spacial score (nSPS) is 16.4. The number of amides is 2. The van der Waals surface area contributed by atoms with Gasteiger partial charge >= 0.3 is 5.97 Å². The summed E-state index contributed by atoms with van der Waals surface area (Å²) in [6, 6.07) is -0.279. The molecule has 0 saturated carbocycles. The Bertz CT molecular complexity index is 490. The van der Waals surface area contributed by atoms with Crippen molar-refractivity contribution in [2.75, 3.05) is 40.0 Å². The predicted molar refractivity (Wildman–Crippen MR) is 102 cm³/mol. The van der Waals surface area contributed by atoms with E-state index in [9.17, 15) is 14.4 Å². The summed E-state index contributed by atoms with van der Waals surface area (Å²) in [4.78, 5) is 38.6. The fourth-order valence-electron chi connectivity index (χ4n) is 3.03. The fraction of sp³-hybridized carbons (Fsp3) is 0.842. The van der Waals surface area contributed by atoms with Crippen molar-refractivity contribution in [3.63, 3.8) is 0 Å². The van der Waals surface area contributed by atoms with Crippen molar-refractivity contribution in [1.29, 1.82) is 0 Å². The third-order valence-electron chi connectivity index (χ3n) is 4.74. The van der Waals surface area contributed by atoms with Crippen molar-refractivity contribution in [2.45, 2.75) is 64.5 Å². The van der Waals surface area contributed by atoms with Gasteiger partial charge in [0.25, 0.3) is 0 Å². The fourth-order valence-corrected chi connectivity index (χ4v) is 3.03. The smallest absolute Gasteiger partial charge is 0.325 e. The van der Waals surface area contributed by atoms with E-state index in [2.05, 4.69) is 27.2 Å². The molecule has 8 heteroatoms. The Balaban J connectivity index is 2.68. The minimum atomic E-state index is -1.13. The lowest BCUT2D eigenvalue weighted by Crippen LogP contribution is -2.60. The number of esters is 1. The van der Waals surface area contributed by atoms with E-state index in [1.165, 1.54) is 7.11 Å². The lowest BCUT2D eigenvalue weighted by molar-refractivity contribution is -0.142. The first kappa shape index (κ1) is 23.4. The molecule has 1 atom stereocenters. The van der Waals surface area contributed by atoms with E-state index in [0.29, 0.717) is 26.3 Å². The molecule has 1 fully saturated rings. The number of methoxy groups -OCH3 is 1. The lowest BCUT2D eigenvalue weighted by Gasteiger charge is -2.35. The summed E-state index contributed by atoms with van der Waals surface area (Å²) >= 11 is 0. The minimum absolute atomic E-state index is 0.161. The molecule has 0 spiro atoms. The number of unbranched alkanes of at least 4 members (excludes halogenated alkanes) is 3. The van der Waals surface area contributed by atoms with E-state index in [-0.39, 0.29) is 18.5 Å². The zero-order valence-corrected chi connectivity index (χ0v) is 17.1. The van der Waals surface area contributed by atoms with E-state index in [0.717, 1.165) is 32.1 Å². The molecule has 1 unspecified atom stereocenters. The van der Waals surface area contributed by atoms with Gasteiger partial charge in [0, 0.05) is 13.1 Å². The highest BCUT2D eigenvalue weighted by Crippen LogP contribution is 2.15. The standard InChI is InChI=1S/C19H35N3O5/c1-5-6-7-8-9-15(22-10-12-27-13-11-22)17(24)21-19(2,3)18(25)20-14-16(23)26-4/h15H,5-14H2,1-4H3,(H,20,25)(H,21,24). The summed E-state index contributed by atoms with van der Waals surface area (Å²) in [6.45, 7) is 7.83. The van der Waals surface area contributed by atoms with Gasteiger partial charge in [0.2, 0.25) is 11.8 Å². The van der Waals surface area contributed by atoms with Crippen LogP contribution in [0.2, 0.25) is 0 Å². The van der Waals surface area contributed by atoms with Crippen molar-refractivity contribution >= 4 is 17.8 Å². The zero-order valence-electron chi connectivity index (χ0n) is 17.1. The lowest BCUT2D eigenvalue weighted by atomic mass is 10.0. The first-order chi connectivity index (χ1) is 12.8. The number of ether oxygens (including phenoxy) is 2. The topological polar surface area (TPSA) is 97.0 Å². The van der Waals surface area contributed by atoms with Crippen LogP contribution in [-0.2, 0) is 23.9 Å². The third-order valence-corrected chi connectivity index (χ3v) is 4.74. The number of morpholine rings is 1. The predicted octanol–water partition coefficient (Wildman–Crippen LogP) is 0.842. The summed E-state index contributed by atoms with van der Waals surface area (Å²) in [6.07, 6.45) is 5.11. The first-order valence-electron chi connectivity index (χ1n) is 9.80. The number of nitrogens with zero attached hydrogens (tertiary/aromatic N) is 1. The Kier molecular flexibility index (Phi) is 10.3. The Hall–Kier alpha value is -1.67. The molecule has 0 aromatic rings. The van der Waals surface area contributed by atoms with Crippen molar-refractivity contribution in [3.05, 3.63) is 0 Å². The van der Waals surface area contributed by atoms with Crippen LogP contribution in [-0.4, -0.2) is 74.2 Å². The quantitative estimate of drug-likeness (QED) is 0.404. The molecular formula is C19H35N3O5. The van der Waals surface area contributed by atoms with Gasteiger partial charge in [-0.25, -0.2) is 0 Å². The summed E-state index contributed by atoms with van der Waals surface area (Å²) < 4.78 is 9.91. The van der Waals surface area contributed by atoms with Gasteiger partial charge in [-0.15, -0.1) is 0 Å². The molecule has 2 amide bonds. The van der Waals surface area contributed by atoms with Crippen LogP contribution in [0, 0.1) is 0 Å². The van der Waals surface area contributed by atoms with Crippen molar-refractivity contribution < 1.29 is 23.9 Å². The van der Waals surface area contributed by atoms with E-state index >= 15 is 0 Å². The van der Waals surface area contributed by atoms with Crippen molar-refractivity contribution in [2.24, 2.45) is 0 Å². The molecule has 8 nitrogen and oxygen atoms in total. The second-order valence-electron chi connectivity index (χ2n) is 7.39. The van der Waals surface area contributed by atoms with Gasteiger partial charge in [0.1, 0.15) is 12.1 Å². The number of carbonyl (C=O) groups is 3. The average molecular weight is 386 g/mol. The minimum Gasteiger partial charge on any atom is -0.468 e. The molecule has 0 aliphatic carbocycles. The SMILES string of the molecule is CCCCCCC(C(=O)NC(C)(C)C(=O)NCC(=O)OC)N1CCOCC1. The van der Waals surface area contributed by atoms with E-state index < -0.39 is 17.4 Å². The highest BCUT2D eigenvalue weighted by atomic mass is 16.5. The summed E-state index contributed by atoms with van der Waals surface area (Å²) in [5.74, 6) is -1.12. The monoisotopic (exact) mass is 385 g/mol. The number of rotatable bonds is 11. The molecule has 0 bridgehead atoms. The van der Waals surface area contributed by atoms with Crippen LogP contribution in [0.3, 0.4) is 0 Å². The van der Waals surface area contributed by atoms with Crippen LogP contribution >= 0.6 is 0 Å². The van der Waals surface area contributed by atoms with E-state index in [1.807, 2.05) is 0 Å². The summed E-state index contributed by atoms with van der Waals surface area (Å²) in [5, 5.41) is 5.35. The molecule has 0 aromatic carbocycles. The zero-order chi connectivity index (χ0) is 20.3. The molecule has 1 aliphatic heterocycles. The van der Waals surface area contributed by atoms with E-state index in [4.69, 9.17) is 4.74 Å². The summed E-state index contributed by atoms with van der Waals surface area (Å²) in [7, 11) is 1.26. The Morgan fingerprint density at radius 3 is 2.41 bits per heavy atom. The van der Waals surface area contributed by atoms with Gasteiger partial charge in [-0.3, -0.25) is 19.3 Å². The molecule has 1 aliphatic rings. The van der Waals surface area contributed by atoms with Gasteiger partial charge in [0.05, 0.1) is 26.4 Å². The number of hydrogen-bond acceptors (Lipinski definition) is 6. The Morgan fingerprint density at radius 1 is 1.15 bits per heavy atom. The third kappa shape index (κ3) is 8.26. The van der Waals surface area contributed by atoms with Crippen LogP contribution < -0.4 is 10.6 Å². The Labute approximate surface area is 162 Å². The molecule has 0 radical (unpaired) electrons. The molecule has 0 aromatic heterocycles. The highest BCUT2D eigenvalue weighted by molar-refractivity contribution is 5.93. The molecule has 1 heterocycles. The molecule has 1 rings (SSSR count). The van der Waals surface area contributed by atoms with Crippen LogP contribution in [0.5, 0.6) is 0 Å². The first-order valence-corrected chi connectivity index (χ1v) is 9.80. The van der Waals surface area contributed by atoms with Crippen LogP contribution in [0.1, 0.15) is 52.9 Å². The molecule has 2 N–H and O–H groups in total. The maximum absolute atomic E-state index is 13.0. The van der Waals surface area contributed by atoms with Gasteiger partial charge in [-0.2, -0.15) is 0 Å². The van der Waals surface area contributed by atoms with Gasteiger partial charge < -0.3 is 20.1 Å². The Morgan fingerprint density at radius 2 is 1.81 bits per heavy atom. The molecule has 1 saturated heterocycles. The van der Waals surface area contributed by atoms with Crippen LogP contribution in [0.25, 0.3) is 0 Å². The number of nitrogens with one attached hydrogen (secondary N) is 2. The van der Waals surface area contributed by atoms with Crippen LogP contribution in [0.15, 0.2) is 0 Å². The van der Waals surface area contributed by atoms with Crippen LogP contribution in [0.4, 0.5) is 0 Å². The second kappa shape index (κ2) is 11.9. The summed E-state index contributed by atoms with van der Waals surface area (Å²) in [5.41, 5.74) is -1.13. The molecule has 156 valence electrons. The van der Waals surface area contributed by atoms with Crippen molar-refractivity contribution in [3.8, 4) is 0 Å². The largest absolute Gasteiger partial charge is 0.468 e. The van der Waals surface area contributed by atoms with Crippen molar-refractivity contribution in [1.82, 2.24) is 15.5 Å². The number of hydrogen-bond donors (Lipinski definition) is 2. The van der Waals surface area contributed by atoms with E-state index in [1.54, 1.807) is 13.8 Å². The van der Waals surface area contributed by atoms with Gasteiger partial charge in [-0.1, -0.05) is 32.6 Å². The molecule has 27 heavy (non-hydrogen) atoms.